The molecule has 2 aromatic carbocycles. The smallest absolute Gasteiger partial charge is 0.252 e. The van der Waals surface area contributed by atoms with Crippen molar-refractivity contribution in [1.82, 2.24) is 19.8 Å². The zero-order valence-corrected chi connectivity index (χ0v) is 19.3. The van der Waals surface area contributed by atoms with Gasteiger partial charge < -0.3 is 9.84 Å². The molecule has 1 aliphatic heterocycles. The molecule has 0 spiro atoms. The Kier molecular flexibility index (Phi) is 6.16. The summed E-state index contributed by atoms with van der Waals surface area (Å²) >= 11 is 0. The van der Waals surface area contributed by atoms with Crippen molar-refractivity contribution in [1.29, 1.82) is 0 Å². The fourth-order valence-corrected chi connectivity index (χ4v) is 7.24. The monoisotopic (exact) mass is 468 g/mol. The summed E-state index contributed by atoms with van der Waals surface area (Å²) in [7, 11) is -3.40. The Balaban J connectivity index is 1.27. The molecule has 9 heteroatoms. The Morgan fingerprint density at radius 1 is 1.03 bits per heavy atom. The van der Waals surface area contributed by atoms with E-state index in [-0.39, 0.29) is 17.7 Å². The van der Waals surface area contributed by atoms with E-state index in [4.69, 9.17) is 4.52 Å². The maximum Gasteiger partial charge on any atom is 0.252 e. The Labute approximate surface area is 193 Å². The van der Waals surface area contributed by atoms with Gasteiger partial charge in [0.25, 0.3) is 5.91 Å². The van der Waals surface area contributed by atoms with Gasteiger partial charge in [-0.25, -0.2) is 8.42 Å². The van der Waals surface area contributed by atoms with E-state index in [0.29, 0.717) is 30.2 Å². The molecule has 2 fully saturated rings. The Morgan fingerprint density at radius 3 is 2.67 bits per heavy atom. The fourth-order valence-electron chi connectivity index (χ4n) is 5.00. The molecule has 1 aliphatic carbocycles. The molecule has 0 unspecified atom stereocenters. The highest BCUT2D eigenvalue weighted by atomic mass is 32.2. The number of amides is 1. The molecule has 1 amide bonds. The second-order valence-electron chi connectivity index (χ2n) is 8.83. The van der Waals surface area contributed by atoms with Crippen LogP contribution in [0.3, 0.4) is 0 Å². The molecule has 0 radical (unpaired) electrons. The van der Waals surface area contributed by atoms with E-state index in [1.165, 1.54) is 0 Å². The second-order valence-corrected chi connectivity index (χ2v) is 11.0. The van der Waals surface area contributed by atoms with Crippen molar-refractivity contribution in [3.8, 4) is 0 Å². The highest BCUT2D eigenvalue weighted by Crippen LogP contribution is 2.37. The third kappa shape index (κ3) is 4.39. The molecule has 5 rings (SSSR count). The van der Waals surface area contributed by atoms with Gasteiger partial charge in [0.1, 0.15) is 6.04 Å². The van der Waals surface area contributed by atoms with Crippen molar-refractivity contribution < 1.29 is 17.7 Å². The van der Waals surface area contributed by atoms with Gasteiger partial charge in [-0.15, -0.1) is 0 Å². The molecule has 1 N–H and O–H groups in total. The van der Waals surface area contributed by atoms with Crippen LogP contribution in [0.1, 0.15) is 73.1 Å². The van der Waals surface area contributed by atoms with E-state index in [2.05, 4.69) is 15.5 Å². The molecule has 0 bridgehead atoms. The molecule has 33 heavy (non-hydrogen) atoms. The van der Waals surface area contributed by atoms with Crippen molar-refractivity contribution in [3.05, 3.63) is 59.7 Å². The van der Waals surface area contributed by atoms with Gasteiger partial charge in [-0.2, -0.15) is 9.29 Å². The molecule has 3 aromatic rings. The lowest BCUT2D eigenvalue weighted by Crippen LogP contribution is -2.39. The molecule has 1 saturated carbocycles. The first kappa shape index (κ1) is 22.0. The van der Waals surface area contributed by atoms with E-state index in [1.54, 1.807) is 10.4 Å². The largest absolute Gasteiger partial charge is 0.345 e. The number of hydrogen-bond donors (Lipinski definition) is 1. The fraction of sp³-hybridized carbons (Fsp3) is 0.458. The van der Waals surface area contributed by atoms with E-state index in [0.717, 1.165) is 49.3 Å². The van der Waals surface area contributed by atoms with Crippen molar-refractivity contribution in [2.75, 3.05) is 6.54 Å². The van der Waals surface area contributed by atoms with Crippen molar-refractivity contribution in [2.45, 2.75) is 62.8 Å². The minimum Gasteiger partial charge on any atom is -0.345 e. The lowest BCUT2D eigenvalue weighted by atomic mass is 10.0. The van der Waals surface area contributed by atoms with Crippen LogP contribution in [-0.4, -0.2) is 40.6 Å². The summed E-state index contributed by atoms with van der Waals surface area (Å²) in [6.07, 6.45) is 5.91. The van der Waals surface area contributed by atoms with Crippen molar-refractivity contribution in [3.63, 3.8) is 0 Å². The first-order valence-electron chi connectivity index (χ1n) is 11.6. The van der Waals surface area contributed by atoms with Crippen LogP contribution in [0, 0.1) is 0 Å². The summed E-state index contributed by atoms with van der Waals surface area (Å²) < 4.78 is 33.5. The lowest BCUT2D eigenvalue weighted by molar-refractivity contribution is 0.0951. The van der Waals surface area contributed by atoms with E-state index < -0.39 is 16.1 Å². The standard InChI is InChI=1S/C24H28N4O4S/c29-23(20-13-6-9-17-8-4-5-12-19(17)20)25-16-22-26-24(32-27-22)21-14-7-15-28(21)33(30,31)18-10-2-1-3-11-18/h4-6,8-9,12-13,18,21H,1-3,7,10-11,14-16H2,(H,25,29)/t21-/m0/s1. The van der Waals surface area contributed by atoms with E-state index in [9.17, 15) is 13.2 Å². The number of carbonyl (C=O) groups excluding carboxylic acids is 1. The summed E-state index contributed by atoms with van der Waals surface area (Å²) in [5, 5.41) is 8.40. The first-order valence-corrected chi connectivity index (χ1v) is 13.1. The summed E-state index contributed by atoms with van der Waals surface area (Å²) in [5.74, 6) is 0.419. The third-order valence-corrected chi connectivity index (χ3v) is 9.12. The minimum atomic E-state index is -3.40. The molecule has 1 saturated heterocycles. The highest BCUT2D eigenvalue weighted by molar-refractivity contribution is 7.89. The SMILES string of the molecule is O=C(NCc1noc([C@@H]2CCCN2S(=O)(=O)C2CCCCC2)n1)c1cccc2ccccc12. The number of fused-ring (bicyclic) bond motifs is 1. The number of rotatable bonds is 6. The molecule has 8 nitrogen and oxygen atoms in total. The predicted molar refractivity (Wildman–Crippen MR) is 124 cm³/mol. The van der Waals surface area contributed by atoms with E-state index in [1.807, 2.05) is 36.4 Å². The number of aromatic nitrogens is 2. The Hall–Kier alpha value is -2.78. The first-order chi connectivity index (χ1) is 16.0. The summed E-state index contributed by atoms with van der Waals surface area (Å²) in [6, 6.07) is 12.9. The second kappa shape index (κ2) is 9.23. The summed E-state index contributed by atoms with van der Waals surface area (Å²) in [6.45, 7) is 0.590. The molecule has 1 aromatic heterocycles. The van der Waals surface area contributed by atoms with Gasteiger partial charge in [0.2, 0.25) is 15.9 Å². The van der Waals surface area contributed by atoms with Gasteiger partial charge in [-0.1, -0.05) is 60.8 Å². The lowest BCUT2D eigenvalue weighted by Gasteiger charge is -2.29. The van der Waals surface area contributed by atoms with Gasteiger partial charge in [-0.3, -0.25) is 4.79 Å². The molecular weight excluding hydrogens is 440 g/mol. The average molecular weight is 469 g/mol. The van der Waals surface area contributed by atoms with Crippen LogP contribution in [0.4, 0.5) is 0 Å². The van der Waals surface area contributed by atoms with Gasteiger partial charge in [0.05, 0.1) is 11.8 Å². The molecule has 2 heterocycles. The van der Waals surface area contributed by atoms with Crippen LogP contribution >= 0.6 is 0 Å². The molecule has 1 atom stereocenters. The van der Waals surface area contributed by atoms with Crippen LogP contribution in [0.25, 0.3) is 10.8 Å². The molecule has 2 aliphatic rings. The van der Waals surface area contributed by atoms with Crippen LogP contribution in [-0.2, 0) is 16.6 Å². The Bertz CT molecular complexity index is 1240. The number of benzene rings is 2. The van der Waals surface area contributed by atoms with Crippen molar-refractivity contribution >= 4 is 26.7 Å². The number of nitrogens with one attached hydrogen (secondary N) is 1. The van der Waals surface area contributed by atoms with Crippen molar-refractivity contribution in [2.24, 2.45) is 0 Å². The van der Waals surface area contributed by atoms with Gasteiger partial charge in [-0.05, 0) is 42.5 Å². The topological polar surface area (TPSA) is 105 Å². The van der Waals surface area contributed by atoms with Crippen LogP contribution in [0.5, 0.6) is 0 Å². The zero-order valence-electron chi connectivity index (χ0n) is 18.4. The molecular formula is C24H28N4O4S. The van der Waals surface area contributed by atoms with Crippen LogP contribution in [0.2, 0.25) is 0 Å². The van der Waals surface area contributed by atoms with Crippen LogP contribution in [0.15, 0.2) is 47.0 Å². The van der Waals surface area contributed by atoms with Gasteiger partial charge >= 0.3 is 0 Å². The predicted octanol–water partition coefficient (Wildman–Crippen LogP) is 3.95. The quantitative estimate of drug-likeness (QED) is 0.587. The average Bonchev–Trinajstić information content (AvgIpc) is 3.53. The van der Waals surface area contributed by atoms with Crippen LogP contribution < -0.4 is 5.32 Å². The number of hydrogen-bond acceptors (Lipinski definition) is 6. The minimum absolute atomic E-state index is 0.105. The molecule has 174 valence electrons. The van der Waals surface area contributed by atoms with E-state index >= 15 is 0 Å². The summed E-state index contributed by atoms with van der Waals surface area (Å²) in [4.78, 5) is 17.2. The third-order valence-electron chi connectivity index (χ3n) is 6.71. The summed E-state index contributed by atoms with van der Waals surface area (Å²) in [5.41, 5.74) is 0.581. The highest BCUT2D eigenvalue weighted by Gasteiger charge is 2.42. The Morgan fingerprint density at radius 2 is 1.82 bits per heavy atom. The van der Waals surface area contributed by atoms with Gasteiger partial charge in [0, 0.05) is 12.1 Å². The number of nitrogens with zero attached hydrogens (tertiary/aromatic N) is 3. The number of sulfonamides is 1. The normalized spacial score (nSPS) is 20.3. The number of carbonyl (C=O) groups is 1. The zero-order chi connectivity index (χ0) is 22.8. The maximum atomic E-state index is 13.2. The van der Waals surface area contributed by atoms with Gasteiger partial charge in [0.15, 0.2) is 5.82 Å². The maximum absolute atomic E-state index is 13.2.